The molecule has 0 saturated carbocycles. The smallest absolute Gasteiger partial charge is 0.0134 e. The molecule has 8 aromatic carbocycles. The number of hydrogen-bond acceptors (Lipinski definition) is 1. The second-order valence-corrected chi connectivity index (χ2v) is 20.4. The summed E-state index contributed by atoms with van der Waals surface area (Å²) in [5.41, 5.74) is 2.31. The molecule has 0 spiro atoms. The second kappa shape index (κ2) is 24.1. The van der Waals surface area contributed by atoms with Gasteiger partial charge in [0.1, 0.15) is 0 Å². The zero-order chi connectivity index (χ0) is 40.0. The average Bonchev–Trinajstić information content (AvgIpc) is 3.31. The molecule has 8 rings (SSSR count). The van der Waals surface area contributed by atoms with E-state index in [1.165, 1.54) is 31.8 Å². The third-order valence-electron chi connectivity index (χ3n) is 8.69. The van der Waals surface area contributed by atoms with Crippen molar-refractivity contribution >= 4 is 80.0 Å². The predicted molar refractivity (Wildman–Crippen MR) is 258 cm³/mol. The Kier molecular flexibility index (Phi) is 17.8. The fraction of sp³-hybridized carbons (Fsp3) is 0. The molecule has 0 bridgehead atoms. The van der Waals surface area contributed by atoms with Gasteiger partial charge in [-0.15, -0.1) is 0 Å². The first kappa shape index (κ1) is 42.7. The van der Waals surface area contributed by atoms with Crippen molar-refractivity contribution in [1.82, 2.24) is 0 Å². The van der Waals surface area contributed by atoms with Gasteiger partial charge in [0.05, 0.1) is 0 Å². The van der Waals surface area contributed by atoms with Crippen molar-refractivity contribution in [2.75, 3.05) is 0 Å². The first-order valence-corrected chi connectivity index (χ1v) is 26.1. The van der Waals surface area contributed by atoms with Gasteiger partial charge >= 0.3 is 137 Å². The van der Waals surface area contributed by atoms with Crippen LogP contribution >= 0.6 is 25.4 Å². The van der Waals surface area contributed by atoms with Gasteiger partial charge in [-0.3, -0.25) is 0 Å². The maximum absolute atomic E-state index is 6.14. The average molecular weight is 1000 g/mol. The molecule has 0 aliphatic heterocycles. The SMILES string of the molecule is [S-]C(=C\[C](=[Ir][Cl])c1ccccc1)/C=C/c1ccccc1.c1ccc(P(c2ccccc2)c2ccccc2)cc1.c1ccc(P(c2ccccc2)c2ccccc2)cc1. The van der Waals surface area contributed by atoms with Crippen molar-refractivity contribution in [1.29, 1.82) is 0 Å². The van der Waals surface area contributed by atoms with Crippen LogP contribution < -0.4 is 31.8 Å². The summed E-state index contributed by atoms with van der Waals surface area (Å²) >= 11 is 4.74. The zero-order valence-corrected chi connectivity index (χ0v) is 37.6. The molecule has 288 valence electrons. The number of hydrogen-bond donors (Lipinski definition) is 0. The van der Waals surface area contributed by atoms with Gasteiger partial charge in [-0.05, 0) is 47.7 Å². The number of rotatable bonds is 10. The standard InChI is InChI=1S/2C18H15P.C17H14S.ClH.Ir/c2*1-4-10-16(11-5-1)19(17-12-6-2-7-13-17)18-14-8-3-9-15-18;18-17(13-11-15-7-3-1-4-8-15)14-12-16-9-5-2-6-10-16;;/h2*1-15H;1-11,13-14,18H;1H;/q;;;;+1/p-2/b;;13-11+,17-14-;;. The van der Waals surface area contributed by atoms with Crippen LogP contribution in [0, 0.1) is 0 Å². The van der Waals surface area contributed by atoms with Crippen LogP contribution in [0.15, 0.2) is 260 Å². The molecule has 8 aromatic rings. The summed E-state index contributed by atoms with van der Waals surface area (Å²) in [5, 5.41) is 8.39. The van der Waals surface area contributed by atoms with E-state index in [9.17, 15) is 0 Å². The summed E-state index contributed by atoms with van der Waals surface area (Å²) in [7, 11) is 5.24. The summed E-state index contributed by atoms with van der Waals surface area (Å²) in [6.07, 6.45) is 5.99. The van der Waals surface area contributed by atoms with Gasteiger partial charge in [-0.1, -0.05) is 182 Å². The Hall–Kier alpha value is -4.87. The minimum atomic E-state index is -0.658. The minimum absolute atomic E-state index is 0.446. The van der Waals surface area contributed by atoms with Crippen LogP contribution in [0.2, 0.25) is 0 Å². The minimum Gasteiger partial charge on any atom is -0.0622 e. The van der Waals surface area contributed by atoms with E-state index in [1.54, 1.807) is 0 Å². The second-order valence-electron chi connectivity index (χ2n) is 12.7. The van der Waals surface area contributed by atoms with E-state index >= 15 is 0 Å². The van der Waals surface area contributed by atoms with E-state index in [0.717, 1.165) is 20.1 Å². The number of halogens is 1. The molecule has 0 amide bonds. The first-order valence-electron chi connectivity index (χ1n) is 18.9. The van der Waals surface area contributed by atoms with E-state index in [-0.39, 0.29) is 0 Å². The van der Waals surface area contributed by atoms with E-state index < -0.39 is 32.1 Å². The van der Waals surface area contributed by atoms with Gasteiger partial charge in [0.2, 0.25) is 0 Å². The van der Waals surface area contributed by atoms with E-state index in [1.807, 2.05) is 54.6 Å². The molecule has 0 N–H and O–H groups in total. The molecule has 0 radical (unpaired) electrons. The predicted octanol–water partition coefficient (Wildman–Crippen LogP) is 11.5. The van der Waals surface area contributed by atoms with Crippen LogP contribution in [0.3, 0.4) is 0 Å². The quantitative estimate of drug-likeness (QED) is 0.0747. The van der Waals surface area contributed by atoms with Gasteiger partial charge in [0.25, 0.3) is 0 Å². The Morgan fingerprint density at radius 3 is 0.914 bits per heavy atom. The van der Waals surface area contributed by atoms with Crippen LogP contribution in [0.25, 0.3) is 6.08 Å². The van der Waals surface area contributed by atoms with Crippen LogP contribution in [-0.2, 0) is 28.9 Å². The third kappa shape index (κ3) is 13.3. The Bertz CT molecular complexity index is 2130. The zero-order valence-electron chi connectivity index (χ0n) is 31.8. The molecule has 0 heterocycles. The normalized spacial score (nSPS) is 11.6. The first-order chi connectivity index (χ1) is 28.7. The summed E-state index contributed by atoms with van der Waals surface area (Å²) in [6, 6.07) is 85.0. The summed E-state index contributed by atoms with van der Waals surface area (Å²) < 4.78 is 1.16. The third-order valence-corrected chi connectivity index (χ3v) is 16.5. The fourth-order valence-electron chi connectivity index (χ4n) is 5.99. The Morgan fingerprint density at radius 2 is 0.638 bits per heavy atom. The van der Waals surface area contributed by atoms with Gasteiger partial charge in [0, 0.05) is 0 Å². The number of benzene rings is 8. The van der Waals surface area contributed by atoms with Crippen LogP contribution in [-0.4, -0.2) is 4.02 Å². The van der Waals surface area contributed by atoms with Crippen molar-refractivity contribution < 1.29 is 16.2 Å². The molecule has 0 aliphatic rings. The van der Waals surface area contributed by atoms with Crippen LogP contribution in [0.4, 0.5) is 0 Å². The molecule has 0 saturated heterocycles. The van der Waals surface area contributed by atoms with E-state index in [4.69, 9.17) is 22.2 Å². The molecule has 5 heteroatoms. The van der Waals surface area contributed by atoms with Gasteiger partial charge < -0.3 is 0 Å². The van der Waals surface area contributed by atoms with Crippen molar-refractivity contribution in [2.45, 2.75) is 0 Å². The number of allylic oxidation sites excluding steroid dienone is 2. The molecule has 0 nitrogen and oxygen atoms in total. The Balaban J connectivity index is 0.000000147. The maximum Gasteiger partial charge on any atom is -0.0134 e. The van der Waals surface area contributed by atoms with Gasteiger partial charge in [-0.2, -0.15) is 0 Å². The van der Waals surface area contributed by atoms with Crippen LogP contribution in [0.5, 0.6) is 0 Å². The Morgan fingerprint density at radius 1 is 0.379 bits per heavy atom. The summed E-state index contributed by atoms with van der Waals surface area (Å²) in [6.45, 7) is 0. The van der Waals surface area contributed by atoms with Gasteiger partial charge in [0.15, 0.2) is 0 Å². The van der Waals surface area contributed by atoms with E-state index in [0.29, 0.717) is 0 Å². The molecule has 0 atom stereocenters. The van der Waals surface area contributed by atoms with Crippen LogP contribution in [0.1, 0.15) is 11.1 Å². The fourth-order valence-corrected chi connectivity index (χ4v) is 13.1. The molecular formula is C53H43ClIrP2S-. The summed E-state index contributed by atoms with van der Waals surface area (Å²) in [5.74, 6) is 0. The Labute approximate surface area is 364 Å². The largest absolute Gasteiger partial charge is 0.0622 e. The maximum atomic E-state index is 6.14. The summed E-state index contributed by atoms with van der Waals surface area (Å²) in [4.78, 5) is 0.803. The van der Waals surface area contributed by atoms with Crippen molar-refractivity contribution in [3.63, 3.8) is 0 Å². The van der Waals surface area contributed by atoms with Crippen molar-refractivity contribution in [2.24, 2.45) is 0 Å². The molecule has 0 unspecified atom stereocenters. The molecule has 58 heavy (non-hydrogen) atoms. The van der Waals surface area contributed by atoms with Crippen molar-refractivity contribution in [3.05, 3.63) is 271 Å². The molecule has 0 fully saturated rings. The molecule has 0 aromatic heterocycles. The molecule has 0 aliphatic carbocycles. The van der Waals surface area contributed by atoms with Crippen molar-refractivity contribution in [3.8, 4) is 0 Å². The topological polar surface area (TPSA) is 0 Å². The monoisotopic (exact) mass is 1000 g/mol. The van der Waals surface area contributed by atoms with Gasteiger partial charge in [-0.25, -0.2) is 0 Å². The van der Waals surface area contributed by atoms with E-state index in [2.05, 4.69) is 206 Å². The molecular weight excluding hydrogens is 958 g/mol.